The van der Waals surface area contributed by atoms with Crippen molar-refractivity contribution in [2.75, 3.05) is 0 Å². The molecule has 110 valence electrons. The lowest BCUT2D eigenvalue weighted by atomic mass is 10.1. The Bertz CT molecular complexity index is 743. The molecule has 1 heterocycles. The van der Waals surface area contributed by atoms with Crippen LogP contribution in [0.15, 0.2) is 35.1 Å². The Hall–Kier alpha value is -2.57. The van der Waals surface area contributed by atoms with Gasteiger partial charge in [-0.2, -0.15) is 5.10 Å². The number of hydrogen-bond acceptors (Lipinski definition) is 4. The maximum absolute atomic E-state index is 13.6. The van der Waals surface area contributed by atoms with Gasteiger partial charge in [-0.3, -0.25) is 4.79 Å². The van der Waals surface area contributed by atoms with Crippen molar-refractivity contribution in [1.82, 2.24) is 9.78 Å². The van der Waals surface area contributed by atoms with Crippen LogP contribution in [-0.4, -0.2) is 15.7 Å². The number of hydrogen-bond donors (Lipinski definition) is 0. The summed E-state index contributed by atoms with van der Waals surface area (Å²) in [6.45, 7) is 1.41. The standard InChI is InChI=1S/C14H12F2N2O3/c1-8(10-7-9(15)3-4-11(10)16)21-14(20)12-5-6-13(19)18(2)17-12/h3-8H,1-2H3/t8-/m1/s1. The summed E-state index contributed by atoms with van der Waals surface area (Å²) in [5.74, 6) is -2.14. The second-order valence-electron chi connectivity index (χ2n) is 4.39. The molecule has 2 rings (SSSR count). The molecule has 1 aromatic heterocycles. The van der Waals surface area contributed by atoms with Crippen LogP contribution in [0, 0.1) is 11.6 Å². The van der Waals surface area contributed by atoms with Crippen molar-refractivity contribution >= 4 is 5.97 Å². The number of benzene rings is 1. The molecule has 21 heavy (non-hydrogen) atoms. The monoisotopic (exact) mass is 294 g/mol. The first-order chi connectivity index (χ1) is 9.88. The molecule has 0 spiro atoms. The molecule has 1 aromatic carbocycles. The van der Waals surface area contributed by atoms with E-state index >= 15 is 0 Å². The van der Waals surface area contributed by atoms with E-state index in [-0.39, 0.29) is 16.8 Å². The number of ether oxygens (including phenoxy) is 1. The molecular formula is C14H12F2N2O3. The third kappa shape index (κ3) is 3.31. The molecule has 0 amide bonds. The minimum Gasteiger partial charge on any atom is -0.453 e. The predicted molar refractivity (Wildman–Crippen MR) is 69.7 cm³/mol. The third-order valence-corrected chi connectivity index (χ3v) is 2.85. The average Bonchev–Trinajstić information content (AvgIpc) is 2.44. The van der Waals surface area contributed by atoms with Crippen molar-refractivity contribution < 1.29 is 18.3 Å². The van der Waals surface area contributed by atoms with Gasteiger partial charge in [-0.25, -0.2) is 18.3 Å². The normalized spacial score (nSPS) is 12.0. The molecule has 0 aliphatic rings. The van der Waals surface area contributed by atoms with Gasteiger partial charge in [-0.1, -0.05) is 0 Å². The van der Waals surface area contributed by atoms with Crippen LogP contribution < -0.4 is 5.56 Å². The van der Waals surface area contributed by atoms with Crippen molar-refractivity contribution in [3.63, 3.8) is 0 Å². The fourth-order valence-electron chi connectivity index (χ4n) is 1.72. The largest absolute Gasteiger partial charge is 0.453 e. The van der Waals surface area contributed by atoms with Gasteiger partial charge in [0, 0.05) is 18.7 Å². The molecule has 0 radical (unpaired) electrons. The Morgan fingerprint density at radius 2 is 2.00 bits per heavy atom. The number of rotatable bonds is 3. The third-order valence-electron chi connectivity index (χ3n) is 2.85. The zero-order valence-corrected chi connectivity index (χ0v) is 11.3. The van der Waals surface area contributed by atoms with E-state index in [1.165, 1.54) is 20.0 Å². The second-order valence-corrected chi connectivity index (χ2v) is 4.39. The molecule has 0 fully saturated rings. The number of aromatic nitrogens is 2. The van der Waals surface area contributed by atoms with Gasteiger partial charge >= 0.3 is 5.97 Å². The van der Waals surface area contributed by atoms with Crippen molar-refractivity contribution in [3.8, 4) is 0 Å². The van der Waals surface area contributed by atoms with E-state index in [2.05, 4.69) is 5.10 Å². The second kappa shape index (κ2) is 5.82. The maximum atomic E-state index is 13.6. The number of carbonyl (C=O) groups is 1. The highest BCUT2D eigenvalue weighted by atomic mass is 19.1. The van der Waals surface area contributed by atoms with E-state index in [0.717, 1.165) is 28.9 Å². The molecule has 0 saturated heterocycles. The van der Waals surface area contributed by atoms with Gasteiger partial charge in [-0.05, 0) is 31.2 Å². The van der Waals surface area contributed by atoms with Crippen molar-refractivity contribution in [2.24, 2.45) is 7.05 Å². The number of carbonyl (C=O) groups excluding carboxylic acids is 1. The lowest BCUT2D eigenvalue weighted by Crippen LogP contribution is -2.22. The van der Waals surface area contributed by atoms with Crippen LogP contribution in [0.25, 0.3) is 0 Å². The highest BCUT2D eigenvalue weighted by molar-refractivity contribution is 5.87. The van der Waals surface area contributed by atoms with Crippen LogP contribution >= 0.6 is 0 Å². The lowest BCUT2D eigenvalue weighted by Gasteiger charge is -2.14. The molecule has 5 nitrogen and oxygen atoms in total. The van der Waals surface area contributed by atoms with Crippen LogP contribution in [0.3, 0.4) is 0 Å². The zero-order valence-electron chi connectivity index (χ0n) is 11.3. The zero-order chi connectivity index (χ0) is 15.6. The fraction of sp³-hybridized carbons (Fsp3) is 0.214. The van der Waals surface area contributed by atoms with Crippen molar-refractivity contribution in [2.45, 2.75) is 13.0 Å². The van der Waals surface area contributed by atoms with E-state index in [0.29, 0.717) is 0 Å². The highest BCUT2D eigenvalue weighted by Crippen LogP contribution is 2.22. The molecular weight excluding hydrogens is 282 g/mol. The first kappa shape index (κ1) is 14.8. The van der Waals surface area contributed by atoms with Gasteiger partial charge < -0.3 is 4.74 Å². The molecule has 0 aliphatic carbocycles. The van der Waals surface area contributed by atoms with Crippen LogP contribution in [0.2, 0.25) is 0 Å². The van der Waals surface area contributed by atoms with Crippen molar-refractivity contribution in [1.29, 1.82) is 0 Å². The topological polar surface area (TPSA) is 61.2 Å². The van der Waals surface area contributed by atoms with Crippen LogP contribution in [0.1, 0.15) is 29.1 Å². The number of halogens is 2. The quantitative estimate of drug-likeness (QED) is 0.812. The molecule has 0 saturated carbocycles. The Balaban J connectivity index is 2.20. The molecule has 0 N–H and O–H groups in total. The van der Waals surface area contributed by atoms with E-state index in [4.69, 9.17) is 4.74 Å². The maximum Gasteiger partial charge on any atom is 0.359 e. The Morgan fingerprint density at radius 1 is 1.29 bits per heavy atom. The van der Waals surface area contributed by atoms with E-state index < -0.39 is 23.7 Å². The minimum atomic E-state index is -0.993. The highest BCUT2D eigenvalue weighted by Gasteiger charge is 2.19. The Morgan fingerprint density at radius 3 is 2.67 bits per heavy atom. The summed E-state index contributed by atoms with van der Waals surface area (Å²) >= 11 is 0. The molecule has 1 atom stereocenters. The summed E-state index contributed by atoms with van der Waals surface area (Å²) in [7, 11) is 1.38. The van der Waals surface area contributed by atoms with E-state index in [1.807, 2.05) is 0 Å². The Kier molecular flexibility index (Phi) is 4.11. The molecule has 0 unspecified atom stereocenters. The number of esters is 1. The van der Waals surface area contributed by atoms with Gasteiger partial charge in [0.2, 0.25) is 0 Å². The number of nitrogens with zero attached hydrogens (tertiary/aromatic N) is 2. The first-order valence-corrected chi connectivity index (χ1v) is 6.09. The van der Waals surface area contributed by atoms with Crippen LogP contribution in [-0.2, 0) is 11.8 Å². The van der Waals surface area contributed by atoms with Gasteiger partial charge in [0.1, 0.15) is 17.7 Å². The molecule has 2 aromatic rings. The van der Waals surface area contributed by atoms with Gasteiger partial charge in [0.25, 0.3) is 5.56 Å². The summed E-state index contributed by atoms with van der Waals surface area (Å²) in [5.41, 5.74) is -0.551. The number of aryl methyl sites for hydroxylation is 1. The van der Waals surface area contributed by atoms with Gasteiger partial charge in [0.15, 0.2) is 5.69 Å². The van der Waals surface area contributed by atoms with E-state index in [9.17, 15) is 18.4 Å². The van der Waals surface area contributed by atoms with Crippen molar-refractivity contribution in [3.05, 3.63) is 63.6 Å². The van der Waals surface area contributed by atoms with Gasteiger partial charge in [-0.15, -0.1) is 0 Å². The van der Waals surface area contributed by atoms with Crippen LogP contribution in [0.4, 0.5) is 8.78 Å². The predicted octanol–water partition coefficient (Wildman–Crippen LogP) is 1.98. The van der Waals surface area contributed by atoms with E-state index in [1.54, 1.807) is 0 Å². The fourth-order valence-corrected chi connectivity index (χ4v) is 1.72. The average molecular weight is 294 g/mol. The Labute approximate surface area is 118 Å². The first-order valence-electron chi connectivity index (χ1n) is 6.09. The molecule has 0 aliphatic heterocycles. The lowest BCUT2D eigenvalue weighted by molar-refractivity contribution is 0.0320. The molecule has 7 heteroatoms. The molecule has 0 bridgehead atoms. The summed E-state index contributed by atoms with van der Waals surface area (Å²) in [6.07, 6.45) is -0.993. The van der Waals surface area contributed by atoms with Crippen LogP contribution in [0.5, 0.6) is 0 Å². The SMILES string of the molecule is C[C@@H](OC(=O)c1ccc(=O)n(C)n1)c1cc(F)ccc1F. The summed E-state index contributed by atoms with van der Waals surface area (Å²) in [4.78, 5) is 23.0. The summed E-state index contributed by atoms with van der Waals surface area (Å²) in [6, 6.07) is 5.26. The summed E-state index contributed by atoms with van der Waals surface area (Å²) < 4.78 is 32.7. The van der Waals surface area contributed by atoms with Gasteiger partial charge in [0.05, 0.1) is 0 Å². The summed E-state index contributed by atoms with van der Waals surface area (Å²) in [5, 5.41) is 3.72. The smallest absolute Gasteiger partial charge is 0.359 e. The minimum absolute atomic E-state index is 0.0758.